The third-order valence-corrected chi connectivity index (χ3v) is 6.60. The van der Waals surface area contributed by atoms with Gasteiger partial charge < -0.3 is 18.9 Å². The fraction of sp³-hybridized carbons (Fsp3) is 0.258. The molecule has 1 aliphatic heterocycles. The first-order chi connectivity index (χ1) is 19.3. The molecule has 9 nitrogen and oxygen atoms in total. The predicted octanol–water partition coefficient (Wildman–Crippen LogP) is 5.34. The van der Waals surface area contributed by atoms with Crippen molar-refractivity contribution in [3.63, 3.8) is 0 Å². The Morgan fingerprint density at radius 3 is 2.15 bits per heavy atom. The number of carbonyl (C=O) groups is 3. The zero-order valence-electron chi connectivity index (χ0n) is 22.9. The van der Waals surface area contributed by atoms with E-state index in [1.807, 2.05) is 12.1 Å². The normalized spacial score (nSPS) is 15.1. The topological polar surface area (TPSA) is 103 Å². The highest BCUT2D eigenvalue weighted by Crippen LogP contribution is 2.30. The van der Waals surface area contributed by atoms with Gasteiger partial charge in [0.05, 0.1) is 19.9 Å². The van der Waals surface area contributed by atoms with Crippen molar-refractivity contribution in [1.29, 1.82) is 0 Å². The Morgan fingerprint density at radius 1 is 0.825 bits per heavy atom. The highest BCUT2D eigenvalue weighted by molar-refractivity contribution is 6.39. The molecular weight excluding hydrogens is 512 g/mol. The maximum atomic E-state index is 13.2. The van der Waals surface area contributed by atoms with Crippen LogP contribution in [-0.4, -0.2) is 45.3 Å². The summed E-state index contributed by atoms with van der Waals surface area (Å²) in [6, 6.07) is 18.6. The van der Waals surface area contributed by atoms with Crippen LogP contribution in [0.1, 0.15) is 37.3 Å². The predicted molar refractivity (Wildman–Crippen MR) is 151 cm³/mol. The van der Waals surface area contributed by atoms with Crippen LogP contribution < -0.4 is 29.2 Å². The molecule has 1 saturated heterocycles. The van der Waals surface area contributed by atoms with E-state index in [1.54, 1.807) is 42.5 Å². The molecule has 1 atom stereocenters. The standard InChI is InChI=1S/C31H32N2O7/c1-5-20(2)22-7-11-25(12-8-22)39-16-17-40-27-15-6-21(19-28(27)38-4)18-26-29(34)32-31(36)33(30(26)35)23-9-13-24(37-3)14-10-23/h6-15,18-20H,5,16-17H2,1-4H3,(H,32,34,36)/b26-18-/t20-/m1/s1. The van der Waals surface area contributed by atoms with Gasteiger partial charge in [0.25, 0.3) is 11.8 Å². The summed E-state index contributed by atoms with van der Waals surface area (Å²) in [5, 5.41) is 2.21. The number of benzene rings is 3. The lowest BCUT2D eigenvalue weighted by Crippen LogP contribution is -2.54. The number of hydrogen-bond acceptors (Lipinski definition) is 7. The Kier molecular flexibility index (Phi) is 9.06. The second kappa shape index (κ2) is 12.8. The number of ether oxygens (including phenoxy) is 4. The summed E-state index contributed by atoms with van der Waals surface area (Å²) in [5.74, 6) is 1.21. The smallest absolute Gasteiger partial charge is 0.335 e. The largest absolute Gasteiger partial charge is 0.497 e. The highest BCUT2D eigenvalue weighted by Gasteiger charge is 2.36. The molecule has 1 aliphatic rings. The molecule has 9 heteroatoms. The molecule has 0 aromatic heterocycles. The number of amides is 4. The fourth-order valence-corrected chi connectivity index (χ4v) is 4.12. The van der Waals surface area contributed by atoms with Crippen molar-refractivity contribution in [3.8, 4) is 23.0 Å². The maximum Gasteiger partial charge on any atom is 0.335 e. The number of rotatable bonds is 11. The third-order valence-electron chi connectivity index (χ3n) is 6.60. The second-order valence-electron chi connectivity index (χ2n) is 9.14. The summed E-state index contributed by atoms with van der Waals surface area (Å²) in [5.41, 5.74) is 1.90. The fourth-order valence-electron chi connectivity index (χ4n) is 4.12. The summed E-state index contributed by atoms with van der Waals surface area (Å²) < 4.78 is 22.2. The van der Waals surface area contributed by atoms with Crippen LogP contribution in [0.2, 0.25) is 0 Å². The number of nitrogens with zero attached hydrogens (tertiary/aromatic N) is 1. The lowest BCUT2D eigenvalue weighted by molar-refractivity contribution is -0.122. The minimum absolute atomic E-state index is 0.195. The zero-order chi connectivity index (χ0) is 28.6. The lowest BCUT2D eigenvalue weighted by atomic mass is 9.99. The van der Waals surface area contributed by atoms with Gasteiger partial charge in [0.1, 0.15) is 30.3 Å². The molecule has 0 unspecified atom stereocenters. The summed E-state index contributed by atoms with van der Waals surface area (Å²) in [6.07, 6.45) is 2.48. The van der Waals surface area contributed by atoms with Gasteiger partial charge in [-0.3, -0.25) is 14.9 Å². The average molecular weight is 545 g/mol. The third kappa shape index (κ3) is 6.43. The van der Waals surface area contributed by atoms with Gasteiger partial charge in [0.2, 0.25) is 0 Å². The van der Waals surface area contributed by atoms with Crippen molar-refractivity contribution in [2.45, 2.75) is 26.2 Å². The lowest BCUT2D eigenvalue weighted by Gasteiger charge is -2.26. The van der Waals surface area contributed by atoms with E-state index >= 15 is 0 Å². The molecule has 3 aromatic carbocycles. The SMILES string of the molecule is CC[C@@H](C)c1ccc(OCCOc2ccc(/C=C3/C(=O)NC(=O)N(c4ccc(OC)cc4)C3=O)cc2OC)cc1. The molecule has 0 aliphatic carbocycles. The van der Waals surface area contributed by atoms with Crippen molar-refractivity contribution >= 4 is 29.6 Å². The van der Waals surface area contributed by atoms with Crippen LogP contribution >= 0.6 is 0 Å². The molecule has 208 valence electrons. The molecule has 4 rings (SSSR count). The van der Waals surface area contributed by atoms with Crippen LogP contribution in [-0.2, 0) is 9.59 Å². The van der Waals surface area contributed by atoms with Gasteiger partial charge in [-0.05, 0) is 78.1 Å². The molecule has 1 fully saturated rings. The quantitative estimate of drug-likeness (QED) is 0.197. The Bertz CT molecular complexity index is 1400. The van der Waals surface area contributed by atoms with Crippen LogP contribution in [0.15, 0.2) is 72.3 Å². The number of carbonyl (C=O) groups excluding carboxylic acids is 3. The monoisotopic (exact) mass is 544 g/mol. The molecule has 0 saturated carbocycles. The summed E-state index contributed by atoms with van der Waals surface area (Å²) in [7, 11) is 3.01. The first-order valence-electron chi connectivity index (χ1n) is 12.9. The number of imide groups is 2. The van der Waals surface area contributed by atoms with Crippen LogP contribution in [0.25, 0.3) is 6.08 Å². The van der Waals surface area contributed by atoms with Crippen LogP contribution in [0.4, 0.5) is 10.5 Å². The Hall–Kier alpha value is -4.79. The van der Waals surface area contributed by atoms with Crippen molar-refractivity contribution < 1.29 is 33.3 Å². The molecule has 1 heterocycles. The van der Waals surface area contributed by atoms with Crippen LogP contribution in [0.5, 0.6) is 23.0 Å². The number of nitrogens with one attached hydrogen (secondary N) is 1. The van der Waals surface area contributed by atoms with E-state index in [0.29, 0.717) is 41.0 Å². The van der Waals surface area contributed by atoms with Gasteiger partial charge in [-0.1, -0.05) is 32.0 Å². The summed E-state index contributed by atoms with van der Waals surface area (Å²) in [6.45, 7) is 4.97. The van der Waals surface area contributed by atoms with Gasteiger partial charge in [-0.25, -0.2) is 9.69 Å². The number of anilines is 1. The minimum Gasteiger partial charge on any atom is -0.497 e. The second-order valence-corrected chi connectivity index (χ2v) is 9.14. The van der Waals surface area contributed by atoms with Gasteiger partial charge in [-0.2, -0.15) is 0 Å². The van der Waals surface area contributed by atoms with E-state index < -0.39 is 17.8 Å². The summed E-state index contributed by atoms with van der Waals surface area (Å²) >= 11 is 0. The van der Waals surface area contributed by atoms with E-state index in [1.165, 1.54) is 25.9 Å². The molecule has 4 amide bonds. The van der Waals surface area contributed by atoms with E-state index in [-0.39, 0.29) is 12.2 Å². The molecule has 3 aromatic rings. The first-order valence-corrected chi connectivity index (χ1v) is 12.9. The zero-order valence-corrected chi connectivity index (χ0v) is 22.9. The molecule has 0 radical (unpaired) electrons. The van der Waals surface area contributed by atoms with E-state index in [0.717, 1.165) is 17.1 Å². The van der Waals surface area contributed by atoms with Crippen molar-refractivity contribution in [2.75, 3.05) is 32.3 Å². The van der Waals surface area contributed by atoms with Crippen molar-refractivity contribution in [1.82, 2.24) is 5.32 Å². The first kappa shape index (κ1) is 28.2. The number of methoxy groups -OCH3 is 2. The average Bonchev–Trinajstić information content (AvgIpc) is 2.98. The van der Waals surface area contributed by atoms with Crippen molar-refractivity contribution in [3.05, 3.63) is 83.4 Å². The maximum absolute atomic E-state index is 13.2. The molecule has 40 heavy (non-hydrogen) atoms. The van der Waals surface area contributed by atoms with Crippen LogP contribution in [0.3, 0.4) is 0 Å². The van der Waals surface area contributed by atoms with Gasteiger partial charge in [0, 0.05) is 0 Å². The molecule has 1 N–H and O–H groups in total. The molecule has 0 spiro atoms. The Labute approximate surface area is 233 Å². The van der Waals surface area contributed by atoms with E-state index in [4.69, 9.17) is 18.9 Å². The summed E-state index contributed by atoms with van der Waals surface area (Å²) in [4.78, 5) is 39.1. The van der Waals surface area contributed by atoms with Gasteiger partial charge in [0.15, 0.2) is 11.5 Å². The minimum atomic E-state index is -0.827. The van der Waals surface area contributed by atoms with E-state index in [2.05, 4.69) is 31.3 Å². The number of urea groups is 1. The Morgan fingerprint density at radius 2 is 1.50 bits per heavy atom. The molecular formula is C31H32N2O7. The highest BCUT2D eigenvalue weighted by atomic mass is 16.5. The molecule has 0 bridgehead atoms. The van der Waals surface area contributed by atoms with Gasteiger partial charge >= 0.3 is 6.03 Å². The number of hydrogen-bond donors (Lipinski definition) is 1. The van der Waals surface area contributed by atoms with Gasteiger partial charge in [-0.15, -0.1) is 0 Å². The van der Waals surface area contributed by atoms with Crippen LogP contribution in [0, 0.1) is 0 Å². The van der Waals surface area contributed by atoms with Crippen molar-refractivity contribution in [2.24, 2.45) is 0 Å². The van der Waals surface area contributed by atoms with E-state index in [9.17, 15) is 14.4 Å². The number of barbiturate groups is 1. The Balaban J connectivity index is 1.42.